The SMILES string of the molecule is C.Cn1c2c(c3ccc(Br)nc31)C(=O)N(CCF)CC2.Cn1c2c(c3ccc(Br)nc31)C(=O)NCC2.FCCBr. The molecule has 216 valence electrons. The average Bonchev–Trinajstić information content (AvgIpc) is 3.38. The van der Waals surface area contributed by atoms with Crippen LogP contribution in [-0.4, -0.2) is 74.1 Å². The molecule has 1 N–H and O–H groups in total. The van der Waals surface area contributed by atoms with Crippen molar-refractivity contribution in [2.45, 2.75) is 20.3 Å². The van der Waals surface area contributed by atoms with E-state index in [4.69, 9.17) is 0 Å². The van der Waals surface area contributed by atoms with Crippen molar-refractivity contribution in [2.75, 3.05) is 38.3 Å². The van der Waals surface area contributed by atoms with Crippen LogP contribution in [0.15, 0.2) is 33.5 Å². The summed E-state index contributed by atoms with van der Waals surface area (Å²) in [6.45, 7) is 0.673. The zero-order chi connectivity index (χ0) is 28.3. The normalized spacial score (nSPS) is 13.9. The number of halogens is 5. The molecule has 0 spiro atoms. The molecule has 4 aromatic rings. The number of carbonyl (C=O) groups excluding carboxylic acids is 2. The summed E-state index contributed by atoms with van der Waals surface area (Å²) in [4.78, 5) is 34.7. The summed E-state index contributed by atoms with van der Waals surface area (Å²) in [7, 11) is 3.87. The van der Waals surface area contributed by atoms with E-state index >= 15 is 0 Å². The van der Waals surface area contributed by atoms with Gasteiger partial charge < -0.3 is 19.4 Å². The lowest BCUT2D eigenvalue weighted by Crippen LogP contribution is -2.39. The molecule has 40 heavy (non-hydrogen) atoms. The summed E-state index contributed by atoms with van der Waals surface area (Å²) in [5.74, 6) is -0.0791. The highest BCUT2D eigenvalue weighted by Gasteiger charge is 2.30. The Morgan fingerprint density at radius 3 is 1.93 bits per heavy atom. The van der Waals surface area contributed by atoms with Gasteiger partial charge >= 0.3 is 0 Å². The number of fused-ring (bicyclic) bond motifs is 6. The van der Waals surface area contributed by atoms with E-state index in [1.807, 2.05) is 47.5 Å². The lowest BCUT2D eigenvalue weighted by Gasteiger charge is -2.26. The molecule has 2 aliphatic rings. The average molecular weight is 749 g/mol. The maximum atomic E-state index is 12.5. The highest BCUT2D eigenvalue weighted by molar-refractivity contribution is 9.10. The van der Waals surface area contributed by atoms with Crippen LogP contribution in [-0.2, 0) is 26.9 Å². The predicted octanol–water partition coefficient (Wildman–Crippen LogP) is 5.91. The summed E-state index contributed by atoms with van der Waals surface area (Å²) in [5.41, 5.74) is 5.16. The number of carbonyl (C=O) groups is 2. The van der Waals surface area contributed by atoms with Crippen LogP contribution >= 0.6 is 47.8 Å². The number of rotatable bonds is 3. The summed E-state index contributed by atoms with van der Waals surface area (Å²) < 4.78 is 28.7. The van der Waals surface area contributed by atoms with Crippen molar-refractivity contribution in [1.82, 2.24) is 29.3 Å². The highest BCUT2D eigenvalue weighted by atomic mass is 79.9. The topological polar surface area (TPSA) is 85.1 Å². The molecule has 0 saturated heterocycles. The smallest absolute Gasteiger partial charge is 0.256 e. The van der Waals surface area contributed by atoms with Gasteiger partial charge in [0.25, 0.3) is 11.8 Å². The number of nitrogens with zero attached hydrogens (tertiary/aromatic N) is 5. The summed E-state index contributed by atoms with van der Waals surface area (Å²) in [6.07, 6.45) is 1.61. The Bertz CT molecular complexity index is 1540. The first-order chi connectivity index (χ1) is 18.7. The lowest BCUT2D eigenvalue weighted by molar-refractivity contribution is 0.0729. The molecule has 2 aliphatic heterocycles. The van der Waals surface area contributed by atoms with E-state index in [1.54, 1.807) is 4.90 Å². The van der Waals surface area contributed by atoms with E-state index in [2.05, 4.69) is 63.1 Å². The quantitative estimate of drug-likeness (QED) is 0.209. The van der Waals surface area contributed by atoms with Gasteiger partial charge in [0.05, 0.1) is 17.8 Å². The van der Waals surface area contributed by atoms with Gasteiger partial charge in [-0.1, -0.05) is 23.4 Å². The number of alkyl halides is 3. The van der Waals surface area contributed by atoms with E-state index < -0.39 is 6.67 Å². The Hall–Kier alpha value is -2.38. The summed E-state index contributed by atoms with van der Waals surface area (Å²) >= 11 is 9.57. The van der Waals surface area contributed by atoms with Crippen LogP contribution in [0.5, 0.6) is 0 Å². The first kappa shape index (κ1) is 32.1. The Morgan fingerprint density at radius 1 is 0.875 bits per heavy atom. The second kappa shape index (κ2) is 14.0. The molecule has 6 heterocycles. The van der Waals surface area contributed by atoms with Crippen LogP contribution in [0.4, 0.5) is 8.78 Å². The molecule has 4 aromatic heterocycles. The van der Waals surface area contributed by atoms with E-state index in [1.165, 1.54) is 0 Å². The molecule has 0 fully saturated rings. The fraction of sp³-hybridized carbons (Fsp3) is 0.407. The number of amides is 2. The fourth-order valence-electron chi connectivity index (χ4n) is 4.93. The predicted molar refractivity (Wildman–Crippen MR) is 165 cm³/mol. The molecule has 8 nitrogen and oxygen atoms in total. The summed E-state index contributed by atoms with van der Waals surface area (Å²) in [6, 6.07) is 7.52. The van der Waals surface area contributed by atoms with Crippen molar-refractivity contribution in [2.24, 2.45) is 14.1 Å². The van der Waals surface area contributed by atoms with Crippen LogP contribution in [0.25, 0.3) is 22.1 Å². The fourth-order valence-corrected chi connectivity index (χ4v) is 5.53. The number of hydrogen-bond acceptors (Lipinski definition) is 4. The van der Waals surface area contributed by atoms with E-state index in [0.717, 1.165) is 61.1 Å². The minimum absolute atomic E-state index is 0. The molecule has 0 radical (unpaired) electrons. The number of aryl methyl sites for hydroxylation is 2. The van der Waals surface area contributed by atoms with Crippen LogP contribution < -0.4 is 5.32 Å². The number of pyridine rings is 2. The molecule has 13 heteroatoms. The Labute approximate surface area is 256 Å². The second-order valence-corrected chi connectivity index (χ2v) is 11.3. The number of hydrogen-bond donors (Lipinski definition) is 1. The molecule has 6 rings (SSSR count). The van der Waals surface area contributed by atoms with Crippen molar-refractivity contribution >= 4 is 81.7 Å². The van der Waals surface area contributed by atoms with Gasteiger partial charge in [0, 0.05) is 74.1 Å². The van der Waals surface area contributed by atoms with Gasteiger partial charge in [-0.2, -0.15) is 0 Å². The monoisotopic (exact) mass is 746 g/mol. The van der Waals surface area contributed by atoms with Gasteiger partial charge in [0.2, 0.25) is 0 Å². The van der Waals surface area contributed by atoms with Crippen molar-refractivity contribution in [3.63, 3.8) is 0 Å². The van der Waals surface area contributed by atoms with Crippen molar-refractivity contribution in [1.29, 1.82) is 0 Å². The third-order valence-electron chi connectivity index (χ3n) is 6.66. The molecular weight excluding hydrogens is 718 g/mol. The van der Waals surface area contributed by atoms with Gasteiger partial charge in [0.15, 0.2) is 0 Å². The first-order valence-corrected chi connectivity index (χ1v) is 15.0. The largest absolute Gasteiger partial charge is 0.352 e. The zero-order valence-corrected chi connectivity index (χ0v) is 26.2. The van der Waals surface area contributed by atoms with Crippen LogP contribution in [0.3, 0.4) is 0 Å². The van der Waals surface area contributed by atoms with E-state index in [9.17, 15) is 18.4 Å². The Balaban J connectivity index is 0.000000192. The molecule has 0 bridgehead atoms. The third-order valence-corrected chi connectivity index (χ3v) is 7.85. The molecule has 0 saturated carbocycles. The third kappa shape index (κ3) is 6.25. The van der Waals surface area contributed by atoms with E-state index in [0.29, 0.717) is 24.0 Å². The summed E-state index contributed by atoms with van der Waals surface area (Å²) in [5, 5.41) is 5.10. The first-order valence-electron chi connectivity index (χ1n) is 12.3. The molecule has 0 atom stereocenters. The standard InChI is InChI=1S/C13H13BrFN3O.C11H10BrN3O.C2H4BrF.CH4/c1-17-9-4-6-18(7-5-15)13(19)11(9)8-2-3-10(14)16-12(8)17;1-15-7-4-5-13-11(16)9(7)6-2-3-8(12)14-10(6)15;3-1-2-4;/h2-3H,4-7H2,1H3;2-3H,4-5H2,1H3,(H,13,16);1-2H2;1H4. The van der Waals surface area contributed by atoms with Gasteiger partial charge in [-0.25, -0.2) is 14.4 Å². The molecule has 0 unspecified atom stereocenters. The van der Waals surface area contributed by atoms with Crippen molar-refractivity contribution < 1.29 is 18.4 Å². The number of aromatic nitrogens is 4. The van der Waals surface area contributed by atoms with E-state index in [-0.39, 0.29) is 32.5 Å². The van der Waals surface area contributed by atoms with Crippen LogP contribution in [0.2, 0.25) is 0 Å². The highest BCUT2D eigenvalue weighted by Crippen LogP contribution is 2.30. The van der Waals surface area contributed by atoms with Gasteiger partial charge in [0.1, 0.15) is 27.2 Å². The minimum atomic E-state index is -0.504. The Kier molecular flexibility index (Phi) is 11.2. The number of nitrogens with one attached hydrogen (secondary N) is 1. The molecule has 0 aromatic carbocycles. The van der Waals surface area contributed by atoms with Gasteiger partial charge in [-0.15, -0.1) is 0 Å². The molecule has 2 amide bonds. The lowest BCUT2D eigenvalue weighted by atomic mass is 10.0. The second-order valence-electron chi connectivity index (χ2n) is 8.89. The van der Waals surface area contributed by atoms with Gasteiger partial charge in [-0.3, -0.25) is 14.0 Å². The maximum Gasteiger partial charge on any atom is 0.256 e. The van der Waals surface area contributed by atoms with Crippen LogP contribution in [0, 0.1) is 0 Å². The zero-order valence-electron chi connectivity index (χ0n) is 21.4. The van der Waals surface area contributed by atoms with Gasteiger partial charge in [-0.05, 0) is 56.1 Å². The minimum Gasteiger partial charge on any atom is -0.352 e. The van der Waals surface area contributed by atoms with Crippen LogP contribution in [0.1, 0.15) is 39.5 Å². The Morgan fingerprint density at radius 2 is 1.40 bits per heavy atom. The van der Waals surface area contributed by atoms with Crippen molar-refractivity contribution in [3.05, 3.63) is 56.0 Å². The molecule has 0 aliphatic carbocycles. The van der Waals surface area contributed by atoms with Crippen molar-refractivity contribution in [3.8, 4) is 0 Å². The maximum absolute atomic E-state index is 12.5. The molecular formula is C27H31Br3F2N6O2.